The number of urea groups is 1. The molecule has 2 rings (SSSR count). The summed E-state index contributed by atoms with van der Waals surface area (Å²) in [5.74, 6) is -1.66. The van der Waals surface area contributed by atoms with Crippen LogP contribution in [0.4, 0.5) is 4.79 Å². The lowest BCUT2D eigenvalue weighted by molar-refractivity contribution is -0.156. The first-order valence-corrected chi connectivity index (χ1v) is 6.60. The molecular weight excluding hydrogens is 284 g/mol. The molecule has 0 spiro atoms. The summed E-state index contributed by atoms with van der Waals surface area (Å²) in [5, 5.41) is 8.96. The van der Waals surface area contributed by atoms with Gasteiger partial charge in [0.25, 0.3) is 0 Å². The molecule has 1 N–H and O–H groups in total. The van der Waals surface area contributed by atoms with Gasteiger partial charge in [0.05, 0.1) is 33.5 Å². The van der Waals surface area contributed by atoms with Crippen molar-refractivity contribution in [3.8, 4) is 0 Å². The van der Waals surface area contributed by atoms with E-state index in [1.54, 1.807) is 0 Å². The minimum absolute atomic E-state index is 0.0422. The van der Waals surface area contributed by atoms with Crippen molar-refractivity contribution in [1.82, 2.24) is 9.80 Å². The van der Waals surface area contributed by atoms with Gasteiger partial charge in [-0.3, -0.25) is 0 Å². The van der Waals surface area contributed by atoms with E-state index in [0.717, 1.165) is 0 Å². The lowest BCUT2D eigenvalue weighted by Gasteiger charge is -2.39. The number of rotatable bonds is 2. The van der Waals surface area contributed by atoms with Crippen molar-refractivity contribution >= 4 is 18.0 Å². The molecule has 2 aliphatic heterocycles. The maximum absolute atomic E-state index is 12.5. The molecule has 2 amide bonds. The van der Waals surface area contributed by atoms with E-state index in [0.29, 0.717) is 6.61 Å². The molecule has 0 bridgehead atoms. The van der Waals surface area contributed by atoms with Crippen LogP contribution < -0.4 is 0 Å². The van der Waals surface area contributed by atoms with E-state index in [1.165, 1.54) is 16.9 Å². The Balaban J connectivity index is 2.06. The maximum Gasteiger partial charge on any atom is 0.334 e. The Morgan fingerprint density at radius 2 is 2.00 bits per heavy atom. The third-order valence-corrected chi connectivity index (χ3v) is 3.46. The van der Waals surface area contributed by atoms with E-state index in [2.05, 4.69) is 4.74 Å². The molecule has 21 heavy (non-hydrogen) atoms. The summed E-state index contributed by atoms with van der Waals surface area (Å²) in [7, 11) is 1.24. The second kappa shape index (κ2) is 6.72. The van der Waals surface area contributed by atoms with Crippen molar-refractivity contribution in [2.75, 3.05) is 46.6 Å². The Morgan fingerprint density at radius 1 is 1.24 bits per heavy atom. The Bertz CT molecular complexity index is 428. The molecule has 9 nitrogen and oxygen atoms in total. The topological polar surface area (TPSA) is 106 Å². The third kappa shape index (κ3) is 3.42. The fourth-order valence-electron chi connectivity index (χ4n) is 2.32. The summed E-state index contributed by atoms with van der Waals surface area (Å²) < 4.78 is 14.9. The average Bonchev–Trinajstić information content (AvgIpc) is 2.53. The number of ether oxygens (including phenoxy) is 3. The molecule has 9 heteroatoms. The van der Waals surface area contributed by atoms with Crippen LogP contribution in [0.25, 0.3) is 0 Å². The minimum atomic E-state index is -1.11. The maximum atomic E-state index is 12.5. The summed E-state index contributed by atoms with van der Waals surface area (Å²) in [4.78, 5) is 37.9. The number of nitrogens with zero attached hydrogens (tertiary/aromatic N) is 2. The summed E-state index contributed by atoms with van der Waals surface area (Å²) in [6.07, 6.45) is -1.04. The first-order valence-electron chi connectivity index (χ1n) is 6.60. The van der Waals surface area contributed by atoms with Crippen LogP contribution in [-0.4, -0.2) is 91.6 Å². The highest BCUT2D eigenvalue weighted by Crippen LogP contribution is 2.14. The standard InChI is InChI=1S/C12H18N2O7/c1-19-11(17)8-7-20-4-3-14(8)12(18)13-2-5-21-9(6-13)10(15)16/h8-9H,2-7H2,1H3,(H,15,16). The number of morpholine rings is 2. The number of carbonyl (C=O) groups excluding carboxylic acids is 2. The fraction of sp³-hybridized carbons (Fsp3) is 0.750. The number of carboxylic acids is 1. The summed E-state index contributed by atoms with van der Waals surface area (Å²) in [6.45, 7) is 1.05. The predicted molar refractivity (Wildman–Crippen MR) is 67.7 cm³/mol. The number of esters is 1. The van der Waals surface area contributed by atoms with Crippen molar-refractivity contribution < 1.29 is 33.7 Å². The van der Waals surface area contributed by atoms with Crippen LogP contribution in [0.1, 0.15) is 0 Å². The summed E-state index contributed by atoms with van der Waals surface area (Å²) in [6, 6.07) is -1.20. The molecule has 2 unspecified atom stereocenters. The third-order valence-electron chi connectivity index (χ3n) is 3.46. The zero-order valence-corrected chi connectivity index (χ0v) is 11.7. The van der Waals surface area contributed by atoms with E-state index in [1.807, 2.05) is 0 Å². The van der Waals surface area contributed by atoms with Crippen LogP contribution in [0.15, 0.2) is 0 Å². The molecule has 0 aromatic rings. The SMILES string of the molecule is COC(=O)C1COCCN1C(=O)N1CCOC(C(=O)O)C1. The van der Waals surface area contributed by atoms with Gasteiger partial charge in [-0.15, -0.1) is 0 Å². The van der Waals surface area contributed by atoms with Gasteiger partial charge in [-0.1, -0.05) is 0 Å². The average molecular weight is 302 g/mol. The Hall–Kier alpha value is -1.87. The molecular formula is C12H18N2O7. The molecule has 118 valence electrons. The smallest absolute Gasteiger partial charge is 0.334 e. The summed E-state index contributed by atoms with van der Waals surface area (Å²) >= 11 is 0. The van der Waals surface area contributed by atoms with Crippen LogP contribution in [0.3, 0.4) is 0 Å². The molecule has 0 radical (unpaired) electrons. The van der Waals surface area contributed by atoms with E-state index in [9.17, 15) is 14.4 Å². The van der Waals surface area contributed by atoms with Crippen molar-refractivity contribution in [1.29, 1.82) is 0 Å². The zero-order chi connectivity index (χ0) is 15.4. The molecule has 2 aliphatic rings. The van der Waals surface area contributed by atoms with Gasteiger partial charge in [-0.25, -0.2) is 14.4 Å². The van der Waals surface area contributed by atoms with Crippen molar-refractivity contribution in [3.05, 3.63) is 0 Å². The molecule has 0 aromatic carbocycles. The van der Waals surface area contributed by atoms with Crippen LogP contribution in [-0.2, 0) is 23.8 Å². The van der Waals surface area contributed by atoms with E-state index in [-0.39, 0.29) is 32.8 Å². The Kier molecular flexibility index (Phi) is 4.97. The molecule has 2 fully saturated rings. The van der Waals surface area contributed by atoms with Crippen LogP contribution in [0.2, 0.25) is 0 Å². The van der Waals surface area contributed by atoms with Crippen molar-refractivity contribution in [2.24, 2.45) is 0 Å². The monoisotopic (exact) mass is 302 g/mol. The van der Waals surface area contributed by atoms with Gasteiger partial charge in [0.1, 0.15) is 0 Å². The van der Waals surface area contributed by atoms with Gasteiger partial charge in [0.15, 0.2) is 12.1 Å². The van der Waals surface area contributed by atoms with Gasteiger partial charge in [0, 0.05) is 13.1 Å². The number of carboxylic acid groups (broad SMARTS) is 1. The molecule has 0 aromatic heterocycles. The first kappa shape index (κ1) is 15.5. The lowest BCUT2D eigenvalue weighted by atomic mass is 10.2. The highest BCUT2D eigenvalue weighted by atomic mass is 16.5. The van der Waals surface area contributed by atoms with Gasteiger partial charge in [-0.05, 0) is 0 Å². The van der Waals surface area contributed by atoms with Crippen LogP contribution in [0, 0.1) is 0 Å². The number of hydrogen-bond acceptors (Lipinski definition) is 6. The second-order valence-corrected chi connectivity index (χ2v) is 4.73. The normalized spacial score (nSPS) is 26.3. The zero-order valence-electron chi connectivity index (χ0n) is 11.7. The molecule has 0 saturated carbocycles. The highest BCUT2D eigenvalue weighted by Gasteiger charge is 2.38. The van der Waals surface area contributed by atoms with Crippen LogP contribution in [0.5, 0.6) is 0 Å². The minimum Gasteiger partial charge on any atom is -0.479 e. The second-order valence-electron chi connectivity index (χ2n) is 4.73. The predicted octanol–water partition coefficient (Wildman–Crippen LogP) is -1.23. The van der Waals surface area contributed by atoms with E-state index < -0.39 is 30.1 Å². The Morgan fingerprint density at radius 3 is 2.67 bits per heavy atom. The quantitative estimate of drug-likeness (QED) is 0.636. The van der Waals surface area contributed by atoms with Gasteiger partial charge >= 0.3 is 18.0 Å². The number of amides is 2. The molecule has 0 aliphatic carbocycles. The lowest BCUT2D eigenvalue weighted by Crippen LogP contribution is -2.59. The van der Waals surface area contributed by atoms with Gasteiger partial charge < -0.3 is 29.1 Å². The number of carbonyl (C=O) groups is 3. The molecule has 2 heterocycles. The van der Waals surface area contributed by atoms with Gasteiger partial charge in [0.2, 0.25) is 0 Å². The van der Waals surface area contributed by atoms with Crippen LogP contribution >= 0.6 is 0 Å². The fourth-order valence-corrected chi connectivity index (χ4v) is 2.32. The molecule has 2 atom stereocenters. The Labute approximate surface area is 121 Å². The van der Waals surface area contributed by atoms with Crippen molar-refractivity contribution in [3.63, 3.8) is 0 Å². The highest BCUT2D eigenvalue weighted by molar-refractivity contribution is 5.84. The van der Waals surface area contributed by atoms with E-state index in [4.69, 9.17) is 14.6 Å². The number of hydrogen-bond donors (Lipinski definition) is 1. The largest absolute Gasteiger partial charge is 0.479 e. The number of methoxy groups -OCH3 is 1. The summed E-state index contributed by atoms with van der Waals surface area (Å²) in [5.41, 5.74) is 0. The molecule has 2 saturated heterocycles. The van der Waals surface area contributed by atoms with Crippen molar-refractivity contribution in [2.45, 2.75) is 12.1 Å². The van der Waals surface area contributed by atoms with Gasteiger partial charge in [-0.2, -0.15) is 0 Å². The number of aliphatic carboxylic acids is 1. The van der Waals surface area contributed by atoms with E-state index >= 15 is 0 Å². The first-order chi connectivity index (χ1) is 10.0.